The summed E-state index contributed by atoms with van der Waals surface area (Å²) in [4.78, 5) is 0.384. The summed E-state index contributed by atoms with van der Waals surface area (Å²) in [6.45, 7) is 8.82. The molecule has 0 radical (unpaired) electrons. The Balaban J connectivity index is 0.00000242. The Kier molecular flexibility index (Phi) is 6.85. The van der Waals surface area contributed by atoms with Crippen LogP contribution in [0.4, 0.5) is 0 Å². The maximum Gasteiger partial charge on any atom is 0.246 e. The number of rotatable bonds is 5. The molecule has 0 amide bonds. The molecule has 0 bridgehead atoms. The van der Waals surface area contributed by atoms with Crippen molar-refractivity contribution in [1.29, 1.82) is 0 Å². The first kappa shape index (κ1) is 19.4. The number of nitrogens with zero attached hydrogens (tertiary/aromatic N) is 3. The molecule has 0 aromatic carbocycles. The molecule has 8 heteroatoms. The van der Waals surface area contributed by atoms with E-state index < -0.39 is 10.0 Å². The minimum Gasteiger partial charge on any atom is -0.317 e. The summed E-state index contributed by atoms with van der Waals surface area (Å²) in [6, 6.07) is 0. The Bertz CT molecular complexity index is 592. The average molecular weight is 351 g/mol. The maximum atomic E-state index is 12.8. The highest BCUT2D eigenvalue weighted by atomic mass is 35.5. The zero-order chi connectivity index (χ0) is 15.6. The van der Waals surface area contributed by atoms with Crippen molar-refractivity contribution in [2.45, 2.75) is 38.5 Å². The number of aromatic nitrogens is 2. The average Bonchev–Trinajstić information content (AvgIpc) is 2.70. The Morgan fingerprint density at radius 3 is 2.32 bits per heavy atom. The van der Waals surface area contributed by atoms with Gasteiger partial charge in [0.2, 0.25) is 10.0 Å². The number of nitrogens with one attached hydrogen (secondary N) is 1. The Morgan fingerprint density at radius 2 is 1.86 bits per heavy atom. The van der Waals surface area contributed by atoms with E-state index in [4.69, 9.17) is 0 Å². The number of piperidine rings is 1. The zero-order valence-electron chi connectivity index (χ0n) is 13.8. The summed E-state index contributed by atoms with van der Waals surface area (Å²) in [5.74, 6) is 0.576. The summed E-state index contributed by atoms with van der Waals surface area (Å²) in [5.41, 5.74) is 1.30. The van der Waals surface area contributed by atoms with Gasteiger partial charge in [0.1, 0.15) is 4.90 Å². The van der Waals surface area contributed by atoms with E-state index in [1.165, 1.54) is 0 Å². The fourth-order valence-corrected chi connectivity index (χ4v) is 4.83. The zero-order valence-corrected chi connectivity index (χ0v) is 15.4. The van der Waals surface area contributed by atoms with Crippen molar-refractivity contribution in [3.63, 3.8) is 0 Å². The lowest BCUT2D eigenvalue weighted by Crippen LogP contribution is -2.41. The lowest BCUT2D eigenvalue weighted by atomic mass is 9.98. The van der Waals surface area contributed by atoms with E-state index >= 15 is 0 Å². The molecule has 1 N–H and O–H groups in total. The first-order valence-corrected chi connectivity index (χ1v) is 9.03. The fraction of sp³-hybridized carbons (Fsp3) is 0.786. The molecule has 0 spiro atoms. The standard InChI is InChI=1S/C14H26N4O2S.ClH/c1-5-15-10-13-6-8-18(9-7-13)21(19,20)14-11(2)16-17(4)12(14)3;/h13,15H,5-10H2,1-4H3;1H. The largest absolute Gasteiger partial charge is 0.317 e. The van der Waals surface area contributed by atoms with E-state index in [1.807, 2.05) is 6.92 Å². The van der Waals surface area contributed by atoms with Crippen molar-refractivity contribution >= 4 is 22.4 Å². The second-order valence-corrected chi connectivity index (χ2v) is 7.65. The summed E-state index contributed by atoms with van der Waals surface area (Å²) in [5, 5.41) is 7.57. The molecule has 1 aliphatic heterocycles. The lowest BCUT2D eigenvalue weighted by Gasteiger charge is -2.31. The van der Waals surface area contributed by atoms with Crippen LogP contribution in [-0.4, -0.2) is 48.7 Å². The van der Waals surface area contributed by atoms with Crippen LogP contribution < -0.4 is 5.32 Å². The van der Waals surface area contributed by atoms with Gasteiger partial charge in [-0.15, -0.1) is 12.4 Å². The Hall–Kier alpha value is -0.630. The van der Waals surface area contributed by atoms with E-state index in [0.29, 0.717) is 35.3 Å². The smallest absolute Gasteiger partial charge is 0.246 e. The normalized spacial score (nSPS) is 17.5. The van der Waals surface area contributed by atoms with Crippen molar-refractivity contribution in [3.05, 3.63) is 11.4 Å². The van der Waals surface area contributed by atoms with Gasteiger partial charge in [0.05, 0.1) is 11.4 Å². The van der Waals surface area contributed by atoms with Gasteiger partial charge in [0, 0.05) is 20.1 Å². The number of hydrogen-bond donors (Lipinski definition) is 1. The van der Waals surface area contributed by atoms with Crippen LogP contribution in [0.1, 0.15) is 31.2 Å². The molecule has 0 aliphatic carbocycles. The number of hydrogen-bond acceptors (Lipinski definition) is 4. The predicted molar refractivity (Wildman–Crippen MR) is 90.0 cm³/mol. The minimum atomic E-state index is -3.42. The number of aryl methyl sites for hydroxylation is 2. The van der Waals surface area contributed by atoms with E-state index in [2.05, 4.69) is 17.3 Å². The highest BCUT2D eigenvalue weighted by molar-refractivity contribution is 7.89. The van der Waals surface area contributed by atoms with Gasteiger partial charge in [-0.05, 0) is 45.7 Å². The van der Waals surface area contributed by atoms with Crippen LogP contribution in [0.5, 0.6) is 0 Å². The third-order valence-corrected chi connectivity index (χ3v) is 6.45. The monoisotopic (exact) mass is 350 g/mol. The quantitative estimate of drug-likeness (QED) is 0.873. The molecule has 22 heavy (non-hydrogen) atoms. The summed E-state index contributed by atoms with van der Waals surface area (Å²) < 4.78 is 28.9. The van der Waals surface area contributed by atoms with Gasteiger partial charge in [0.15, 0.2) is 0 Å². The fourth-order valence-electron chi connectivity index (χ4n) is 2.96. The van der Waals surface area contributed by atoms with Crippen LogP contribution in [-0.2, 0) is 17.1 Å². The predicted octanol–water partition coefficient (Wildman–Crippen LogP) is 1.47. The number of halogens is 1. The van der Waals surface area contributed by atoms with Crippen LogP contribution in [0.3, 0.4) is 0 Å². The second kappa shape index (κ2) is 7.77. The minimum absolute atomic E-state index is 0. The Labute approximate surface area is 139 Å². The van der Waals surface area contributed by atoms with Gasteiger partial charge < -0.3 is 5.32 Å². The van der Waals surface area contributed by atoms with Crippen LogP contribution in [0.15, 0.2) is 4.90 Å². The molecular formula is C14H27ClN4O2S. The molecule has 2 rings (SSSR count). The molecule has 0 saturated carbocycles. The van der Waals surface area contributed by atoms with Gasteiger partial charge in [-0.3, -0.25) is 4.68 Å². The van der Waals surface area contributed by atoms with E-state index in [1.54, 1.807) is 23.0 Å². The second-order valence-electron chi connectivity index (χ2n) is 5.78. The Morgan fingerprint density at radius 1 is 1.27 bits per heavy atom. The molecule has 0 atom stereocenters. The van der Waals surface area contributed by atoms with Crippen molar-refractivity contribution in [3.8, 4) is 0 Å². The highest BCUT2D eigenvalue weighted by Gasteiger charge is 2.33. The van der Waals surface area contributed by atoms with Crippen molar-refractivity contribution in [1.82, 2.24) is 19.4 Å². The maximum absolute atomic E-state index is 12.8. The first-order valence-electron chi connectivity index (χ1n) is 7.59. The number of sulfonamides is 1. The molecule has 0 unspecified atom stereocenters. The molecule has 1 aliphatic rings. The molecule has 1 saturated heterocycles. The van der Waals surface area contributed by atoms with Crippen molar-refractivity contribution in [2.75, 3.05) is 26.2 Å². The third kappa shape index (κ3) is 3.82. The summed E-state index contributed by atoms with van der Waals surface area (Å²) in [6.07, 6.45) is 1.84. The molecule has 1 aromatic rings. The molecule has 1 aromatic heterocycles. The van der Waals surface area contributed by atoms with Crippen LogP contribution >= 0.6 is 12.4 Å². The molecule has 128 valence electrons. The molecule has 6 nitrogen and oxygen atoms in total. The molecular weight excluding hydrogens is 324 g/mol. The summed E-state index contributed by atoms with van der Waals surface area (Å²) >= 11 is 0. The first-order chi connectivity index (χ1) is 9.87. The van der Waals surface area contributed by atoms with E-state index in [0.717, 1.165) is 25.9 Å². The summed E-state index contributed by atoms with van der Waals surface area (Å²) in [7, 11) is -1.64. The van der Waals surface area contributed by atoms with Crippen LogP contribution in [0.2, 0.25) is 0 Å². The molecule has 2 heterocycles. The van der Waals surface area contributed by atoms with Crippen LogP contribution in [0.25, 0.3) is 0 Å². The third-order valence-electron chi connectivity index (χ3n) is 4.30. The SMILES string of the molecule is CCNCC1CCN(S(=O)(=O)c2c(C)nn(C)c2C)CC1.Cl. The van der Waals surface area contributed by atoms with Gasteiger partial charge in [0.25, 0.3) is 0 Å². The highest BCUT2D eigenvalue weighted by Crippen LogP contribution is 2.27. The van der Waals surface area contributed by atoms with Crippen LogP contribution in [0, 0.1) is 19.8 Å². The molecule has 1 fully saturated rings. The van der Waals surface area contributed by atoms with Gasteiger partial charge in [-0.1, -0.05) is 6.92 Å². The van der Waals surface area contributed by atoms with E-state index in [9.17, 15) is 8.42 Å². The lowest BCUT2D eigenvalue weighted by molar-refractivity contribution is 0.268. The van der Waals surface area contributed by atoms with Crippen molar-refractivity contribution < 1.29 is 8.42 Å². The van der Waals surface area contributed by atoms with E-state index in [-0.39, 0.29) is 12.4 Å². The van der Waals surface area contributed by atoms with Gasteiger partial charge >= 0.3 is 0 Å². The van der Waals surface area contributed by atoms with Gasteiger partial charge in [-0.2, -0.15) is 9.40 Å². The topological polar surface area (TPSA) is 67.2 Å². The van der Waals surface area contributed by atoms with Gasteiger partial charge in [-0.25, -0.2) is 8.42 Å². The van der Waals surface area contributed by atoms with Crippen molar-refractivity contribution in [2.24, 2.45) is 13.0 Å².